The first-order chi connectivity index (χ1) is 12.7. The SMILES string of the molecule is CCC(C)NS(=O)(=O)c1ccc(C(=O)OCC(=O)N2CCOC(C)C2)cc1. The van der Waals surface area contributed by atoms with Crippen molar-refractivity contribution < 1.29 is 27.5 Å². The van der Waals surface area contributed by atoms with Crippen LogP contribution < -0.4 is 4.72 Å². The van der Waals surface area contributed by atoms with Gasteiger partial charge in [0.1, 0.15) is 0 Å². The molecule has 0 radical (unpaired) electrons. The van der Waals surface area contributed by atoms with Crippen LogP contribution in [0.2, 0.25) is 0 Å². The molecule has 0 saturated carbocycles. The number of nitrogens with zero attached hydrogens (tertiary/aromatic N) is 1. The molecule has 1 fully saturated rings. The number of hydrogen-bond acceptors (Lipinski definition) is 6. The van der Waals surface area contributed by atoms with E-state index in [1.807, 2.05) is 13.8 Å². The van der Waals surface area contributed by atoms with Gasteiger partial charge in [-0.1, -0.05) is 6.92 Å². The predicted octanol–water partition coefficient (Wildman–Crippen LogP) is 1.17. The molecule has 1 aliphatic heterocycles. The molecule has 0 spiro atoms. The van der Waals surface area contributed by atoms with Gasteiger partial charge in [-0.05, 0) is 44.5 Å². The lowest BCUT2D eigenvalue weighted by atomic mass is 10.2. The summed E-state index contributed by atoms with van der Waals surface area (Å²) in [4.78, 5) is 25.9. The molecule has 1 aromatic carbocycles. The van der Waals surface area contributed by atoms with Crippen molar-refractivity contribution >= 4 is 21.9 Å². The van der Waals surface area contributed by atoms with Gasteiger partial charge >= 0.3 is 5.97 Å². The fraction of sp³-hybridized carbons (Fsp3) is 0.556. The Morgan fingerprint density at radius 3 is 2.59 bits per heavy atom. The lowest BCUT2D eigenvalue weighted by Crippen LogP contribution is -2.46. The van der Waals surface area contributed by atoms with Crippen LogP contribution in [0, 0.1) is 0 Å². The minimum atomic E-state index is -3.63. The van der Waals surface area contributed by atoms with Gasteiger partial charge in [-0.25, -0.2) is 17.9 Å². The molecule has 1 heterocycles. The molecule has 1 N–H and O–H groups in total. The van der Waals surface area contributed by atoms with E-state index < -0.39 is 16.0 Å². The maximum atomic E-state index is 12.2. The van der Waals surface area contributed by atoms with E-state index >= 15 is 0 Å². The number of rotatable bonds is 7. The average Bonchev–Trinajstić information content (AvgIpc) is 2.65. The summed E-state index contributed by atoms with van der Waals surface area (Å²) in [5.74, 6) is -0.959. The summed E-state index contributed by atoms with van der Waals surface area (Å²) in [6, 6.07) is 5.23. The first-order valence-corrected chi connectivity index (χ1v) is 10.4. The zero-order valence-corrected chi connectivity index (χ0v) is 16.6. The Morgan fingerprint density at radius 1 is 1.33 bits per heavy atom. The van der Waals surface area contributed by atoms with Crippen LogP contribution >= 0.6 is 0 Å². The van der Waals surface area contributed by atoms with Crippen molar-refractivity contribution in [2.24, 2.45) is 0 Å². The van der Waals surface area contributed by atoms with Crippen LogP contribution in [0.25, 0.3) is 0 Å². The molecule has 0 bridgehead atoms. The van der Waals surface area contributed by atoms with Crippen molar-refractivity contribution in [3.05, 3.63) is 29.8 Å². The van der Waals surface area contributed by atoms with E-state index in [1.165, 1.54) is 24.3 Å². The van der Waals surface area contributed by atoms with E-state index in [-0.39, 0.29) is 35.1 Å². The lowest BCUT2D eigenvalue weighted by Gasteiger charge is -2.30. The molecule has 0 aliphatic carbocycles. The van der Waals surface area contributed by atoms with Crippen LogP contribution in [0.3, 0.4) is 0 Å². The maximum absolute atomic E-state index is 12.2. The Balaban J connectivity index is 1.92. The number of ether oxygens (including phenoxy) is 2. The normalized spacial score (nSPS) is 18.8. The number of benzene rings is 1. The summed E-state index contributed by atoms with van der Waals surface area (Å²) in [7, 11) is -3.63. The van der Waals surface area contributed by atoms with E-state index in [4.69, 9.17) is 9.47 Å². The van der Waals surface area contributed by atoms with Gasteiger partial charge in [-0.3, -0.25) is 4.79 Å². The minimum absolute atomic E-state index is 0.0445. The Kier molecular flexibility index (Phi) is 7.34. The molecule has 2 unspecified atom stereocenters. The number of sulfonamides is 1. The first-order valence-electron chi connectivity index (χ1n) is 8.91. The molecule has 27 heavy (non-hydrogen) atoms. The molecule has 150 valence electrons. The van der Waals surface area contributed by atoms with Gasteiger partial charge in [0.15, 0.2) is 6.61 Å². The molecule has 1 amide bonds. The summed E-state index contributed by atoms with van der Waals surface area (Å²) in [6.45, 7) is 6.56. The van der Waals surface area contributed by atoms with Gasteiger partial charge in [0, 0.05) is 19.1 Å². The molecule has 8 nitrogen and oxygen atoms in total. The summed E-state index contributed by atoms with van der Waals surface area (Å²) < 4.78 is 37.4. The average molecular weight is 398 g/mol. The highest BCUT2D eigenvalue weighted by atomic mass is 32.2. The van der Waals surface area contributed by atoms with Gasteiger partial charge in [0.05, 0.1) is 23.2 Å². The van der Waals surface area contributed by atoms with E-state index in [1.54, 1.807) is 11.8 Å². The molecule has 2 rings (SSSR count). The van der Waals surface area contributed by atoms with Crippen molar-refractivity contribution in [2.75, 3.05) is 26.3 Å². The van der Waals surface area contributed by atoms with E-state index in [9.17, 15) is 18.0 Å². The van der Waals surface area contributed by atoms with Crippen molar-refractivity contribution in [2.45, 2.75) is 44.2 Å². The van der Waals surface area contributed by atoms with Gasteiger partial charge < -0.3 is 14.4 Å². The quantitative estimate of drug-likeness (QED) is 0.692. The van der Waals surface area contributed by atoms with Gasteiger partial charge in [-0.2, -0.15) is 0 Å². The van der Waals surface area contributed by atoms with Gasteiger partial charge in [-0.15, -0.1) is 0 Å². The minimum Gasteiger partial charge on any atom is -0.452 e. The van der Waals surface area contributed by atoms with Crippen LogP contribution in [-0.4, -0.2) is 63.6 Å². The van der Waals surface area contributed by atoms with E-state index in [0.717, 1.165) is 0 Å². The number of nitrogens with one attached hydrogen (secondary N) is 1. The Morgan fingerprint density at radius 2 is 2.00 bits per heavy atom. The molecule has 1 saturated heterocycles. The highest BCUT2D eigenvalue weighted by Crippen LogP contribution is 2.13. The third-order valence-corrected chi connectivity index (χ3v) is 5.89. The van der Waals surface area contributed by atoms with E-state index in [2.05, 4.69) is 4.72 Å². The summed E-state index contributed by atoms with van der Waals surface area (Å²) in [5.41, 5.74) is 0.181. The fourth-order valence-corrected chi connectivity index (χ4v) is 3.86. The number of amides is 1. The van der Waals surface area contributed by atoms with Crippen LogP contribution in [0.15, 0.2) is 29.2 Å². The largest absolute Gasteiger partial charge is 0.452 e. The van der Waals surface area contributed by atoms with Crippen molar-refractivity contribution in [1.82, 2.24) is 9.62 Å². The van der Waals surface area contributed by atoms with Gasteiger partial charge in [0.25, 0.3) is 5.91 Å². The highest BCUT2D eigenvalue weighted by Gasteiger charge is 2.23. The third kappa shape index (κ3) is 6.02. The standard InChI is InChI=1S/C18H26N2O6S/c1-4-13(2)19-27(23,24)16-7-5-15(6-8-16)18(22)26-12-17(21)20-9-10-25-14(3)11-20/h5-8,13-14,19H,4,9-12H2,1-3H3. The van der Waals surface area contributed by atoms with Crippen LogP contribution in [-0.2, 0) is 24.3 Å². The molecule has 9 heteroatoms. The molecule has 1 aliphatic rings. The summed E-state index contributed by atoms with van der Waals surface area (Å²) >= 11 is 0. The monoisotopic (exact) mass is 398 g/mol. The third-order valence-electron chi connectivity index (χ3n) is 4.29. The number of esters is 1. The van der Waals surface area contributed by atoms with E-state index in [0.29, 0.717) is 26.1 Å². The second-order valence-corrected chi connectivity index (χ2v) is 8.27. The zero-order valence-electron chi connectivity index (χ0n) is 15.8. The Hall–Kier alpha value is -1.97. The number of hydrogen-bond donors (Lipinski definition) is 1. The molecule has 1 aromatic rings. The Bertz CT molecular complexity index is 763. The fourth-order valence-electron chi connectivity index (χ4n) is 2.53. The second kappa shape index (κ2) is 9.29. The van der Waals surface area contributed by atoms with Crippen LogP contribution in [0.1, 0.15) is 37.6 Å². The van der Waals surface area contributed by atoms with Crippen molar-refractivity contribution in [3.8, 4) is 0 Å². The molecular formula is C18H26N2O6S. The smallest absolute Gasteiger partial charge is 0.338 e. The van der Waals surface area contributed by atoms with Gasteiger partial charge in [0.2, 0.25) is 10.0 Å². The predicted molar refractivity (Wildman–Crippen MR) is 98.8 cm³/mol. The number of carbonyl (C=O) groups excluding carboxylic acids is 2. The second-order valence-electron chi connectivity index (χ2n) is 6.55. The maximum Gasteiger partial charge on any atom is 0.338 e. The highest BCUT2D eigenvalue weighted by molar-refractivity contribution is 7.89. The van der Waals surface area contributed by atoms with Crippen molar-refractivity contribution in [3.63, 3.8) is 0 Å². The molecular weight excluding hydrogens is 372 g/mol. The number of carbonyl (C=O) groups is 2. The molecule has 0 aromatic heterocycles. The Labute approximate surface area is 159 Å². The zero-order chi connectivity index (χ0) is 20.0. The summed E-state index contributed by atoms with van der Waals surface area (Å²) in [5, 5.41) is 0. The number of morpholine rings is 1. The van der Waals surface area contributed by atoms with Crippen LogP contribution in [0.4, 0.5) is 0 Å². The first kappa shape index (κ1) is 21.3. The van der Waals surface area contributed by atoms with Crippen LogP contribution in [0.5, 0.6) is 0 Å². The topological polar surface area (TPSA) is 102 Å². The molecule has 2 atom stereocenters. The summed E-state index contributed by atoms with van der Waals surface area (Å²) in [6.07, 6.45) is 0.622. The lowest BCUT2D eigenvalue weighted by molar-refractivity contribution is -0.141. The van der Waals surface area contributed by atoms with Crippen molar-refractivity contribution in [1.29, 1.82) is 0 Å².